The van der Waals surface area contributed by atoms with E-state index < -0.39 is 0 Å². The summed E-state index contributed by atoms with van der Waals surface area (Å²) in [6.07, 6.45) is 0.443. The Morgan fingerprint density at radius 2 is 2.12 bits per heavy atom. The van der Waals surface area contributed by atoms with Gasteiger partial charge in [-0.3, -0.25) is 0 Å². The van der Waals surface area contributed by atoms with Crippen LogP contribution < -0.4 is 0 Å². The van der Waals surface area contributed by atoms with Gasteiger partial charge < -0.3 is 9.84 Å². The summed E-state index contributed by atoms with van der Waals surface area (Å²) < 4.78 is 5.27. The van der Waals surface area contributed by atoms with Crippen molar-refractivity contribution in [2.45, 2.75) is 12.5 Å². The largest absolute Gasteiger partial charge is 0.454 e. The van der Waals surface area contributed by atoms with Crippen LogP contribution >= 0.6 is 0 Å². The molecule has 2 unspecified atom stereocenters. The number of aliphatic hydroxyl groups excluding tert-OH is 1. The van der Waals surface area contributed by atoms with E-state index in [0.29, 0.717) is 12.0 Å². The van der Waals surface area contributed by atoms with Gasteiger partial charge in [0.1, 0.15) is 6.10 Å². The van der Waals surface area contributed by atoms with E-state index in [9.17, 15) is 4.79 Å². The summed E-state index contributed by atoms with van der Waals surface area (Å²) in [4.78, 5) is 11.7. The Bertz CT molecular complexity index is 397. The molecule has 84 valence electrons. The van der Waals surface area contributed by atoms with E-state index in [1.54, 1.807) is 24.3 Å². The number of hydrogen-bond acceptors (Lipinski definition) is 3. The fourth-order valence-corrected chi connectivity index (χ4v) is 1.75. The molecule has 0 saturated heterocycles. The van der Waals surface area contributed by atoms with Gasteiger partial charge in [-0.25, -0.2) is 4.79 Å². The minimum Gasteiger partial charge on any atom is -0.454 e. The molecule has 2 atom stereocenters. The second-order valence-corrected chi connectivity index (χ2v) is 3.95. The molecule has 3 heteroatoms. The maximum absolute atomic E-state index is 11.7. The van der Waals surface area contributed by atoms with Crippen molar-refractivity contribution >= 4 is 5.97 Å². The summed E-state index contributed by atoms with van der Waals surface area (Å²) >= 11 is 0. The highest BCUT2D eigenvalue weighted by Gasteiger charge is 2.36. The average molecular weight is 218 g/mol. The first-order chi connectivity index (χ1) is 7.72. The van der Waals surface area contributed by atoms with E-state index in [4.69, 9.17) is 9.84 Å². The second-order valence-electron chi connectivity index (χ2n) is 3.95. The monoisotopic (exact) mass is 218 g/mol. The van der Waals surface area contributed by atoms with Gasteiger partial charge in [0.2, 0.25) is 0 Å². The van der Waals surface area contributed by atoms with Crippen LogP contribution in [0.4, 0.5) is 0 Å². The van der Waals surface area contributed by atoms with Crippen LogP contribution in [0.25, 0.3) is 0 Å². The lowest BCUT2D eigenvalue weighted by molar-refractivity contribution is 0.0113. The Labute approximate surface area is 94.4 Å². The number of ether oxygens (including phenoxy) is 1. The molecular formula is C13H14O3. The number of carbonyl (C=O) groups excluding carboxylic acids is 1. The number of rotatable bonds is 3. The predicted octanol–water partition coefficient (Wildman–Crippen LogP) is 1.78. The van der Waals surface area contributed by atoms with E-state index in [-0.39, 0.29) is 24.6 Å². The Hall–Kier alpha value is -1.61. The van der Waals surface area contributed by atoms with Crippen molar-refractivity contribution in [3.05, 3.63) is 48.0 Å². The van der Waals surface area contributed by atoms with Crippen LogP contribution in [0.3, 0.4) is 0 Å². The maximum Gasteiger partial charge on any atom is 0.338 e. The van der Waals surface area contributed by atoms with E-state index in [1.807, 2.05) is 6.07 Å². The molecule has 0 bridgehead atoms. The summed E-state index contributed by atoms with van der Waals surface area (Å²) in [7, 11) is 0. The SMILES string of the molecule is C=C1C(CO)CC1OC(=O)c1ccccc1. The van der Waals surface area contributed by atoms with E-state index in [1.165, 1.54) is 0 Å². The van der Waals surface area contributed by atoms with Crippen LogP contribution in [0.1, 0.15) is 16.8 Å². The minimum atomic E-state index is -0.330. The van der Waals surface area contributed by atoms with Crippen molar-refractivity contribution in [2.75, 3.05) is 6.61 Å². The Balaban J connectivity index is 1.93. The molecular weight excluding hydrogens is 204 g/mol. The van der Waals surface area contributed by atoms with Crippen molar-refractivity contribution in [3.8, 4) is 0 Å². The summed E-state index contributed by atoms with van der Waals surface area (Å²) in [6, 6.07) is 8.87. The van der Waals surface area contributed by atoms with Crippen LogP contribution in [-0.2, 0) is 4.74 Å². The number of carbonyl (C=O) groups is 1. The van der Waals surface area contributed by atoms with Gasteiger partial charge in [-0.1, -0.05) is 24.8 Å². The van der Waals surface area contributed by atoms with Crippen LogP contribution in [-0.4, -0.2) is 23.8 Å². The highest BCUT2D eigenvalue weighted by molar-refractivity contribution is 5.89. The highest BCUT2D eigenvalue weighted by Crippen LogP contribution is 2.34. The lowest BCUT2D eigenvalue weighted by Gasteiger charge is -2.36. The molecule has 1 aromatic rings. The van der Waals surface area contributed by atoms with Crippen LogP contribution in [0.5, 0.6) is 0 Å². The molecule has 0 aromatic heterocycles. The smallest absolute Gasteiger partial charge is 0.338 e. The second kappa shape index (κ2) is 4.49. The number of benzene rings is 1. The number of hydrogen-bond donors (Lipinski definition) is 1. The molecule has 16 heavy (non-hydrogen) atoms. The molecule has 0 aliphatic heterocycles. The minimum absolute atomic E-state index is 0.0816. The van der Waals surface area contributed by atoms with E-state index in [2.05, 4.69) is 6.58 Å². The fourth-order valence-electron chi connectivity index (χ4n) is 1.75. The van der Waals surface area contributed by atoms with Gasteiger partial charge >= 0.3 is 5.97 Å². The highest BCUT2D eigenvalue weighted by atomic mass is 16.5. The Kier molecular flexibility index (Phi) is 3.06. The molecule has 0 radical (unpaired) electrons. The van der Waals surface area contributed by atoms with E-state index >= 15 is 0 Å². The topological polar surface area (TPSA) is 46.5 Å². The van der Waals surface area contributed by atoms with Gasteiger partial charge in [-0.2, -0.15) is 0 Å². The van der Waals surface area contributed by atoms with Crippen molar-refractivity contribution in [1.82, 2.24) is 0 Å². The van der Waals surface area contributed by atoms with Crippen molar-refractivity contribution in [2.24, 2.45) is 5.92 Å². The average Bonchev–Trinajstić information content (AvgIpc) is 2.34. The van der Waals surface area contributed by atoms with Crippen molar-refractivity contribution < 1.29 is 14.6 Å². The quantitative estimate of drug-likeness (QED) is 0.621. The predicted molar refractivity (Wildman–Crippen MR) is 60.0 cm³/mol. The first-order valence-electron chi connectivity index (χ1n) is 5.28. The summed E-state index contributed by atoms with van der Waals surface area (Å²) in [5.41, 5.74) is 1.36. The van der Waals surface area contributed by atoms with Crippen LogP contribution in [0, 0.1) is 5.92 Å². The van der Waals surface area contributed by atoms with Crippen LogP contribution in [0.2, 0.25) is 0 Å². The van der Waals surface area contributed by atoms with Gasteiger partial charge in [-0.15, -0.1) is 0 Å². The standard InChI is InChI=1S/C13H14O3/c1-9-11(8-14)7-12(9)16-13(15)10-5-3-2-4-6-10/h2-6,11-12,14H,1,7-8H2. The van der Waals surface area contributed by atoms with Gasteiger partial charge in [0, 0.05) is 12.5 Å². The van der Waals surface area contributed by atoms with Crippen molar-refractivity contribution in [1.29, 1.82) is 0 Å². The first-order valence-corrected chi connectivity index (χ1v) is 5.28. The van der Waals surface area contributed by atoms with Gasteiger partial charge in [0.05, 0.1) is 5.56 Å². The molecule has 0 spiro atoms. The molecule has 0 amide bonds. The summed E-state index contributed by atoms with van der Waals surface area (Å²) in [5, 5.41) is 8.92. The molecule has 1 aliphatic carbocycles. The third-order valence-corrected chi connectivity index (χ3v) is 2.92. The number of esters is 1. The third kappa shape index (κ3) is 1.99. The zero-order chi connectivity index (χ0) is 11.5. The third-order valence-electron chi connectivity index (χ3n) is 2.92. The zero-order valence-corrected chi connectivity index (χ0v) is 8.93. The molecule has 0 heterocycles. The molecule has 3 nitrogen and oxygen atoms in total. The summed E-state index contributed by atoms with van der Waals surface area (Å²) in [6.45, 7) is 3.89. The Morgan fingerprint density at radius 1 is 1.44 bits per heavy atom. The Morgan fingerprint density at radius 3 is 2.69 bits per heavy atom. The van der Waals surface area contributed by atoms with Gasteiger partial charge in [-0.05, 0) is 24.1 Å². The van der Waals surface area contributed by atoms with Crippen LogP contribution in [0.15, 0.2) is 42.5 Å². The molecule has 2 rings (SSSR count). The van der Waals surface area contributed by atoms with Gasteiger partial charge in [0.15, 0.2) is 0 Å². The maximum atomic E-state index is 11.7. The van der Waals surface area contributed by atoms with E-state index in [0.717, 1.165) is 5.57 Å². The number of aliphatic hydroxyl groups is 1. The molecule has 1 aromatic carbocycles. The zero-order valence-electron chi connectivity index (χ0n) is 8.93. The molecule has 1 aliphatic rings. The lowest BCUT2D eigenvalue weighted by Crippen LogP contribution is -2.37. The van der Waals surface area contributed by atoms with Gasteiger partial charge in [0.25, 0.3) is 0 Å². The normalized spacial score (nSPS) is 23.7. The first kappa shape index (κ1) is 10.9. The molecule has 1 saturated carbocycles. The molecule has 1 fully saturated rings. The molecule has 1 N–H and O–H groups in total. The lowest BCUT2D eigenvalue weighted by atomic mass is 9.78. The summed E-state index contributed by atoms with van der Waals surface area (Å²) in [5.74, 6) is -0.239. The van der Waals surface area contributed by atoms with Crippen molar-refractivity contribution in [3.63, 3.8) is 0 Å². The fraction of sp³-hybridized carbons (Fsp3) is 0.308.